The molecule has 138 valence electrons. The number of aryl methyl sites for hydroxylation is 2. The van der Waals surface area contributed by atoms with Crippen LogP contribution >= 0.6 is 0 Å². The lowest BCUT2D eigenvalue weighted by molar-refractivity contribution is 0.298. The van der Waals surface area contributed by atoms with E-state index in [1.165, 1.54) is 0 Å². The molecule has 0 radical (unpaired) electrons. The van der Waals surface area contributed by atoms with Crippen LogP contribution in [0.1, 0.15) is 22.3 Å². The minimum atomic E-state index is 0.560. The Balaban J connectivity index is 1.58. The summed E-state index contributed by atoms with van der Waals surface area (Å²) in [5.74, 6) is 1.17. The van der Waals surface area contributed by atoms with Crippen LogP contribution < -0.4 is 4.84 Å². The summed E-state index contributed by atoms with van der Waals surface area (Å²) in [7, 11) is 0. The van der Waals surface area contributed by atoms with Crippen LogP contribution in [-0.2, 0) is 0 Å². The molecule has 1 aromatic heterocycles. The number of benzene rings is 3. The van der Waals surface area contributed by atoms with Crippen LogP contribution in [0.15, 0.2) is 70.4 Å². The second kappa shape index (κ2) is 7.48. The van der Waals surface area contributed by atoms with E-state index in [4.69, 9.17) is 14.8 Å². The van der Waals surface area contributed by atoms with E-state index in [-0.39, 0.29) is 0 Å². The van der Waals surface area contributed by atoms with Gasteiger partial charge in [-0.05, 0) is 60.9 Å². The molecule has 4 aromatic rings. The predicted molar refractivity (Wildman–Crippen MR) is 110 cm³/mol. The maximum atomic E-state index is 6.92. The molecule has 0 fully saturated rings. The highest BCUT2D eigenvalue weighted by Crippen LogP contribution is 2.26. The average Bonchev–Trinajstić information content (AvgIpc) is 3.11. The van der Waals surface area contributed by atoms with E-state index < -0.39 is 0 Å². The largest absolute Gasteiger partial charge is 0.436 e. The first-order valence-corrected chi connectivity index (χ1v) is 8.92. The monoisotopic (exact) mass is 369 g/mol. The highest BCUT2D eigenvalue weighted by atomic mass is 16.6. The molecular formula is C23H19N3O2. The summed E-state index contributed by atoms with van der Waals surface area (Å²) in [6, 6.07) is 19.8. The Morgan fingerprint density at radius 1 is 0.929 bits per heavy atom. The molecule has 0 spiro atoms. The molecule has 5 nitrogen and oxygen atoms in total. The lowest BCUT2D eigenvalue weighted by atomic mass is 10.1. The van der Waals surface area contributed by atoms with Crippen molar-refractivity contribution in [3.05, 3.63) is 82.9 Å². The van der Waals surface area contributed by atoms with Gasteiger partial charge in [0, 0.05) is 16.4 Å². The van der Waals surface area contributed by atoms with E-state index in [1.54, 1.807) is 0 Å². The van der Waals surface area contributed by atoms with Gasteiger partial charge in [0.25, 0.3) is 0 Å². The molecule has 28 heavy (non-hydrogen) atoms. The molecule has 0 saturated carbocycles. The Morgan fingerprint density at radius 2 is 1.68 bits per heavy atom. The second-order valence-electron chi connectivity index (χ2n) is 6.67. The normalized spacial score (nSPS) is 11.2. The van der Waals surface area contributed by atoms with Gasteiger partial charge in [0.2, 0.25) is 5.89 Å². The number of hydrogen-bond acceptors (Lipinski definition) is 5. The summed E-state index contributed by atoms with van der Waals surface area (Å²) >= 11 is 0. The fraction of sp³-hybridized carbons (Fsp3) is 0.0870. The summed E-state index contributed by atoms with van der Waals surface area (Å²) in [6.45, 7) is 4.01. The Labute approximate surface area is 162 Å². The quantitative estimate of drug-likeness (QED) is 0.244. The van der Waals surface area contributed by atoms with Crippen molar-refractivity contribution in [3.8, 4) is 17.2 Å². The minimum absolute atomic E-state index is 0.560. The molecule has 5 heteroatoms. The Hall–Kier alpha value is -3.73. The topological polar surface area (TPSA) is 71.5 Å². The first-order chi connectivity index (χ1) is 13.6. The lowest BCUT2D eigenvalue weighted by Crippen LogP contribution is -1.86. The van der Waals surface area contributed by atoms with Crippen molar-refractivity contribution in [2.45, 2.75) is 13.8 Å². The van der Waals surface area contributed by atoms with Gasteiger partial charge < -0.3 is 9.25 Å². The van der Waals surface area contributed by atoms with Crippen molar-refractivity contribution in [3.63, 3.8) is 0 Å². The first-order valence-electron chi connectivity index (χ1n) is 8.92. The highest BCUT2D eigenvalue weighted by molar-refractivity contribution is 5.78. The molecule has 3 aromatic carbocycles. The van der Waals surface area contributed by atoms with Crippen LogP contribution in [-0.4, -0.2) is 4.98 Å². The van der Waals surface area contributed by atoms with Gasteiger partial charge in [-0.15, -0.1) is 0 Å². The minimum Gasteiger partial charge on any atom is -0.436 e. The van der Waals surface area contributed by atoms with Crippen molar-refractivity contribution in [2.24, 2.45) is 5.28 Å². The lowest BCUT2D eigenvalue weighted by Gasteiger charge is -2.03. The number of rotatable bonds is 5. The van der Waals surface area contributed by atoms with Gasteiger partial charge in [-0.25, -0.2) is 4.98 Å². The van der Waals surface area contributed by atoms with E-state index in [0.29, 0.717) is 11.6 Å². The zero-order valence-corrected chi connectivity index (χ0v) is 15.6. The molecule has 0 aliphatic rings. The molecule has 4 rings (SSSR count). The third kappa shape index (κ3) is 3.69. The number of aromatic nitrogens is 1. The summed E-state index contributed by atoms with van der Waals surface area (Å²) in [6.07, 6.45) is 3.93. The standard InChI is InChI=1S/C23H19N3O2/c1-15-4-12-21-20(13-15)25-23(27-21)19-10-6-17(7-11-19)5-9-18-8-3-16(2)14-22(18)28-26-24/h3-14,24H,1-2H3. The number of hydrogen-bond donors (Lipinski definition) is 1. The van der Waals surface area contributed by atoms with Crippen molar-refractivity contribution in [2.75, 3.05) is 0 Å². The number of nitrogens with zero attached hydrogens (tertiary/aromatic N) is 2. The third-order valence-corrected chi connectivity index (χ3v) is 4.47. The van der Waals surface area contributed by atoms with Crippen LogP contribution in [0.4, 0.5) is 0 Å². The Morgan fingerprint density at radius 3 is 2.46 bits per heavy atom. The summed E-state index contributed by atoms with van der Waals surface area (Å²) in [4.78, 5) is 9.62. The molecular weight excluding hydrogens is 350 g/mol. The molecule has 1 N–H and O–H groups in total. The molecule has 0 saturated heterocycles. The fourth-order valence-corrected chi connectivity index (χ4v) is 2.99. The first kappa shape index (κ1) is 17.7. The number of nitrogens with one attached hydrogen (secondary N) is 1. The van der Waals surface area contributed by atoms with Crippen LogP contribution in [0, 0.1) is 19.4 Å². The average molecular weight is 369 g/mol. The fourth-order valence-electron chi connectivity index (χ4n) is 2.99. The maximum absolute atomic E-state index is 6.92. The van der Waals surface area contributed by atoms with E-state index in [9.17, 15) is 0 Å². The molecule has 0 atom stereocenters. The van der Waals surface area contributed by atoms with E-state index in [1.807, 2.05) is 86.7 Å². The highest BCUT2D eigenvalue weighted by Gasteiger charge is 2.08. The van der Waals surface area contributed by atoms with Crippen LogP contribution in [0.25, 0.3) is 34.7 Å². The maximum Gasteiger partial charge on any atom is 0.227 e. The van der Waals surface area contributed by atoms with Crippen LogP contribution in [0.5, 0.6) is 5.75 Å². The van der Waals surface area contributed by atoms with Crippen LogP contribution in [0.2, 0.25) is 0 Å². The SMILES string of the molecule is Cc1ccc(C=Cc2ccc(-c3nc4cc(C)ccc4o3)cc2)c(ON=N)c1. The van der Waals surface area contributed by atoms with Gasteiger partial charge in [0.1, 0.15) is 5.52 Å². The number of fused-ring (bicyclic) bond motifs is 1. The molecule has 0 bridgehead atoms. The van der Waals surface area contributed by atoms with Crippen molar-refractivity contribution >= 4 is 23.3 Å². The molecule has 0 amide bonds. The van der Waals surface area contributed by atoms with E-state index in [2.05, 4.69) is 10.3 Å². The second-order valence-corrected chi connectivity index (χ2v) is 6.67. The molecule has 0 aliphatic heterocycles. The van der Waals surface area contributed by atoms with Crippen LogP contribution in [0.3, 0.4) is 0 Å². The summed E-state index contributed by atoms with van der Waals surface area (Å²) < 4.78 is 5.86. The molecule has 0 unspecified atom stereocenters. The zero-order chi connectivity index (χ0) is 19.5. The van der Waals surface area contributed by atoms with Crippen molar-refractivity contribution in [1.29, 1.82) is 5.53 Å². The third-order valence-electron chi connectivity index (χ3n) is 4.47. The van der Waals surface area contributed by atoms with E-state index >= 15 is 0 Å². The van der Waals surface area contributed by atoms with Gasteiger partial charge in [-0.2, -0.15) is 5.53 Å². The predicted octanol–water partition coefficient (Wildman–Crippen LogP) is 6.61. The van der Waals surface area contributed by atoms with Gasteiger partial charge in [0.05, 0.1) is 0 Å². The van der Waals surface area contributed by atoms with E-state index in [0.717, 1.165) is 38.9 Å². The zero-order valence-electron chi connectivity index (χ0n) is 15.6. The Kier molecular flexibility index (Phi) is 4.72. The molecule has 1 heterocycles. The number of oxazole rings is 1. The van der Waals surface area contributed by atoms with Gasteiger partial charge in [-0.3, -0.25) is 0 Å². The van der Waals surface area contributed by atoms with Crippen molar-refractivity contribution in [1.82, 2.24) is 4.98 Å². The summed E-state index contributed by atoms with van der Waals surface area (Å²) in [5, 5.41) is 3.03. The van der Waals surface area contributed by atoms with Gasteiger partial charge in [-0.1, -0.05) is 42.5 Å². The summed E-state index contributed by atoms with van der Waals surface area (Å²) in [5.41, 5.74) is 13.6. The smallest absolute Gasteiger partial charge is 0.227 e. The van der Waals surface area contributed by atoms with Gasteiger partial charge in [0.15, 0.2) is 11.3 Å². The van der Waals surface area contributed by atoms with Crippen molar-refractivity contribution < 1.29 is 9.25 Å². The Bertz CT molecular complexity index is 1170. The van der Waals surface area contributed by atoms with Gasteiger partial charge >= 0.3 is 0 Å². The molecule has 0 aliphatic carbocycles.